The van der Waals surface area contributed by atoms with E-state index in [0.29, 0.717) is 12.3 Å². The first kappa shape index (κ1) is 12.9. The van der Waals surface area contributed by atoms with Crippen molar-refractivity contribution in [3.8, 4) is 5.75 Å². The number of rotatable bonds is 6. The van der Waals surface area contributed by atoms with Crippen LogP contribution in [-0.2, 0) is 17.9 Å². The predicted molar refractivity (Wildman–Crippen MR) is 56.5 cm³/mol. The Labute approximate surface area is 93.2 Å². The van der Waals surface area contributed by atoms with Crippen molar-refractivity contribution < 1.29 is 18.3 Å². The second-order valence-corrected chi connectivity index (χ2v) is 3.26. The van der Waals surface area contributed by atoms with E-state index in [9.17, 15) is 8.78 Å². The van der Waals surface area contributed by atoms with Crippen LogP contribution < -0.4 is 10.5 Å². The molecule has 1 aromatic rings. The number of benzene rings is 1. The van der Waals surface area contributed by atoms with Crippen molar-refractivity contribution in [2.45, 2.75) is 19.6 Å². The zero-order valence-corrected chi connectivity index (χ0v) is 9.08. The second-order valence-electron chi connectivity index (χ2n) is 3.26. The van der Waals surface area contributed by atoms with Crippen LogP contribution in [-0.4, -0.2) is 20.1 Å². The summed E-state index contributed by atoms with van der Waals surface area (Å²) in [5.74, 6) is 0.653. The van der Waals surface area contributed by atoms with Crippen LogP contribution >= 0.6 is 0 Å². The average Bonchev–Trinajstić information content (AvgIpc) is 2.28. The summed E-state index contributed by atoms with van der Waals surface area (Å²) in [5.41, 5.74) is 7.17. The third kappa shape index (κ3) is 3.75. The Bertz CT molecular complexity index is 332. The zero-order chi connectivity index (χ0) is 12.0. The predicted octanol–water partition coefficient (Wildman–Crippen LogP) is 1.94. The summed E-state index contributed by atoms with van der Waals surface area (Å²) < 4.78 is 33.6. The first-order valence-corrected chi connectivity index (χ1v) is 4.89. The largest absolute Gasteiger partial charge is 0.496 e. The lowest BCUT2D eigenvalue weighted by Crippen LogP contribution is -2.05. The summed E-state index contributed by atoms with van der Waals surface area (Å²) in [7, 11) is 1.54. The van der Waals surface area contributed by atoms with Crippen LogP contribution in [0.25, 0.3) is 0 Å². The van der Waals surface area contributed by atoms with Crippen molar-refractivity contribution in [1.29, 1.82) is 0 Å². The van der Waals surface area contributed by atoms with Crippen molar-refractivity contribution in [3.05, 3.63) is 29.3 Å². The Balaban J connectivity index is 2.60. The topological polar surface area (TPSA) is 44.5 Å². The van der Waals surface area contributed by atoms with E-state index in [1.807, 2.05) is 0 Å². The Kier molecular flexibility index (Phi) is 5.14. The second kappa shape index (κ2) is 6.40. The van der Waals surface area contributed by atoms with E-state index < -0.39 is 13.0 Å². The van der Waals surface area contributed by atoms with Gasteiger partial charge in [0.1, 0.15) is 12.4 Å². The molecule has 0 saturated heterocycles. The molecule has 0 saturated carbocycles. The number of nitrogens with two attached hydrogens (primary N) is 1. The maximum Gasteiger partial charge on any atom is 0.261 e. The van der Waals surface area contributed by atoms with E-state index in [2.05, 4.69) is 0 Å². The highest BCUT2D eigenvalue weighted by Crippen LogP contribution is 2.20. The van der Waals surface area contributed by atoms with E-state index in [0.717, 1.165) is 11.1 Å². The Hall–Kier alpha value is -1.20. The molecule has 0 unspecified atom stereocenters. The molecular formula is C11H15F2NO2. The number of halogens is 2. The molecule has 0 bridgehead atoms. The van der Waals surface area contributed by atoms with Gasteiger partial charge in [-0.25, -0.2) is 8.78 Å². The SMILES string of the molecule is COc1cc(COCC(F)F)ccc1CN. The molecule has 0 aliphatic rings. The standard InChI is InChI=1S/C11H15F2NO2/c1-15-10-4-8(2-3-9(10)5-14)6-16-7-11(12)13/h2-4,11H,5-7,14H2,1H3. The quantitative estimate of drug-likeness (QED) is 0.813. The monoisotopic (exact) mass is 231 g/mol. The maximum absolute atomic E-state index is 11.8. The molecule has 0 heterocycles. The summed E-state index contributed by atoms with van der Waals surface area (Å²) >= 11 is 0. The van der Waals surface area contributed by atoms with Crippen molar-refractivity contribution in [2.24, 2.45) is 5.73 Å². The molecule has 1 rings (SSSR count). The van der Waals surface area contributed by atoms with Gasteiger partial charge in [0.15, 0.2) is 0 Å². The van der Waals surface area contributed by atoms with Crippen LogP contribution in [0.2, 0.25) is 0 Å². The van der Waals surface area contributed by atoms with Gasteiger partial charge < -0.3 is 15.2 Å². The van der Waals surface area contributed by atoms with Gasteiger partial charge in [0.2, 0.25) is 0 Å². The normalized spacial score (nSPS) is 10.8. The number of methoxy groups -OCH3 is 1. The minimum atomic E-state index is -2.44. The third-order valence-electron chi connectivity index (χ3n) is 2.08. The molecule has 0 amide bonds. The third-order valence-corrected chi connectivity index (χ3v) is 2.08. The molecule has 0 aromatic heterocycles. The van der Waals surface area contributed by atoms with E-state index in [1.54, 1.807) is 18.2 Å². The highest BCUT2D eigenvalue weighted by molar-refractivity contribution is 5.37. The Morgan fingerprint density at radius 2 is 2.12 bits per heavy atom. The van der Waals surface area contributed by atoms with Gasteiger partial charge in [-0.3, -0.25) is 0 Å². The summed E-state index contributed by atoms with van der Waals surface area (Å²) in [6.45, 7) is -0.0339. The lowest BCUT2D eigenvalue weighted by Gasteiger charge is -2.09. The highest BCUT2D eigenvalue weighted by atomic mass is 19.3. The van der Waals surface area contributed by atoms with E-state index in [1.165, 1.54) is 7.11 Å². The van der Waals surface area contributed by atoms with E-state index >= 15 is 0 Å². The number of hydrogen-bond donors (Lipinski definition) is 1. The van der Waals surface area contributed by atoms with Crippen LogP contribution in [0.4, 0.5) is 8.78 Å². The van der Waals surface area contributed by atoms with Gasteiger partial charge in [-0.15, -0.1) is 0 Å². The minimum absolute atomic E-state index is 0.144. The van der Waals surface area contributed by atoms with Gasteiger partial charge in [0.05, 0.1) is 13.7 Å². The fourth-order valence-corrected chi connectivity index (χ4v) is 1.31. The molecule has 3 nitrogen and oxygen atoms in total. The smallest absolute Gasteiger partial charge is 0.261 e. The molecule has 1 aromatic carbocycles. The Morgan fingerprint density at radius 3 is 2.69 bits per heavy atom. The Morgan fingerprint density at radius 1 is 1.38 bits per heavy atom. The first-order chi connectivity index (χ1) is 7.67. The van der Waals surface area contributed by atoms with Crippen LogP contribution in [0.5, 0.6) is 5.75 Å². The lowest BCUT2D eigenvalue weighted by molar-refractivity contribution is 0.00984. The van der Waals surface area contributed by atoms with Gasteiger partial charge in [-0.05, 0) is 11.6 Å². The van der Waals surface area contributed by atoms with Crippen molar-refractivity contribution in [3.63, 3.8) is 0 Å². The molecule has 0 aliphatic heterocycles. The van der Waals surface area contributed by atoms with Gasteiger partial charge in [-0.1, -0.05) is 12.1 Å². The fourth-order valence-electron chi connectivity index (χ4n) is 1.31. The van der Waals surface area contributed by atoms with Crippen molar-refractivity contribution in [2.75, 3.05) is 13.7 Å². The van der Waals surface area contributed by atoms with Crippen molar-refractivity contribution in [1.82, 2.24) is 0 Å². The molecule has 0 fully saturated rings. The minimum Gasteiger partial charge on any atom is -0.496 e. The molecule has 0 radical (unpaired) electrons. The van der Waals surface area contributed by atoms with Crippen LogP contribution in [0.3, 0.4) is 0 Å². The molecule has 90 valence electrons. The molecule has 0 aliphatic carbocycles. The van der Waals surface area contributed by atoms with Crippen LogP contribution in [0, 0.1) is 0 Å². The summed E-state index contributed by atoms with van der Waals surface area (Å²) in [6.07, 6.45) is -2.44. The van der Waals surface area contributed by atoms with Gasteiger partial charge in [-0.2, -0.15) is 0 Å². The fraction of sp³-hybridized carbons (Fsp3) is 0.455. The average molecular weight is 231 g/mol. The molecule has 0 spiro atoms. The lowest BCUT2D eigenvalue weighted by atomic mass is 10.1. The van der Waals surface area contributed by atoms with Gasteiger partial charge in [0.25, 0.3) is 6.43 Å². The maximum atomic E-state index is 11.8. The number of alkyl halides is 2. The van der Waals surface area contributed by atoms with Gasteiger partial charge in [0, 0.05) is 12.1 Å². The molecule has 0 atom stereocenters. The van der Waals surface area contributed by atoms with Gasteiger partial charge >= 0.3 is 0 Å². The molecule has 5 heteroatoms. The van der Waals surface area contributed by atoms with Crippen LogP contribution in [0.1, 0.15) is 11.1 Å². The highest BCUT2D eigenvalue weighted by Gasteiger charge is 2.05. The molecule has 2 N–H and O–H groups in total. The molecular weight excluding hydrogens is 216 g/mol. The summed E-state index contributed by atoms with van der Waals surface area (Å²) in [5, 5.41) is 0. The number of hydrogen-bond acceptors (Lipinski definition) is 3. The van der Waals surface area contributed by atoms with E-state index in [-0.39, 0.29) is 6.61 Å². The van der Waals surface area contributed by atoms with Crippen molar-refractivity contribution >= 4 is 0 Å². The molecule has 16 heavy (non-hydrogen) atoms. The first-order valence-electron chi connectivity index (χ1n) is 4.89. The summed E-state index contributed by atoms with van der Waals surface area (Å²) in [6, 6.07) is 5.34. The summed E-state index contributed by atoms with van der Waals surface area (Å²) in [4.78, 5) is 0. The van der Waals surface area contributed by atoms with E-state index in [4.69, 9.17) is 15.2 Å². The van der Waals surface area contributed by atoms with Crippen LogP contribution in [0.15, 0.2) is 18.2 Å². The number of ether oxygens (including phenoxy) is 2. The zero-order valence-electron chi connectivity index (χ0n) is 9.08.